The maximum Gasteiger partial charge on any atom is 0.326 e. The van der Waals surface area contributed by atoms with Crippen LogP contribution in [-0.2, 0) is 4.79 Å². The maximum absolute atomic E-state index is 12.0. The molecular formula is C14H19NO5. The number of rotatable bonds is 6. The predicted molar refractivity (Wildman–Crippen MR) is 73.0 cm³/mol. The number of aromatic hydroxyl groups is 1. The zero-order chi connectivity index (χ0) is 15.3. The van der Waals surface area contributed by atoms with Crippen molar-refractivity contribution in [1.29, 1.82) is 0 Å². The Morgan fingerprint density at radius 1 is 1.40 bits per heavy atom. The zero-order valence-corrected chi connectivity index (χ0v) is 11.7. The third kappa shape index (κ3) is 3.63. The SMILES string of the molecule is CCC(C)C(NC(=O)c1ccc(OC)c(O)c1)C(=O)O. The average molecular weight is 281 g/mol. The Morgan fingerprint density at radius 2 is 2.05 bits per heavy atom. The van der Waals surface area contributed by atoms with Gasteiger partial charge in [-0.25, -0.2) is 4.79 Å². The lowest BCUT2D eigenvalue weighted by Gasteiger charge is -2.20. The summed E-state index contributed by atoms with van der Waals surface area (Å²) in [7, 11) is 1.40. The summed E-state index contributed by atoms with van der Waals surface area (Å²) in [5, 5.41) is 21.2. The lowest BCUT2D eigenvalue weighted by Crippen LogP contribution is -2.45. The van der Waals surface area contributed by atoms with Crippen LogP contribution >= 0.6 is 0 Å². The van der Waals surface area contributed by atoms with Gasteiger partial charge in [0.25, 0.3) is 5.91 Å². The lowest BCUT2D eigenvalue weighted by molar-refractivity contribution is -0.140. The third-order valence-electron chi connectivity index (χ3n) is 3.21. The molecular weight excluding hydrogens is 262 g/mol. The van der Waals surface area contributed by atoms with E-state index in [-0.39, 0.29) is 23.0 Å². The monoisotopic (exact) mass is 281 g/mol. The van der Waals surface area contributed by atoms with E-state index in [1.807, 2.05) is 6.92 Å². The molecule has 6 heteroatoms. The van der Waals surface area contributed by atoms with E-state index < -0.39 is 17.9 Å². The number of methoxy groups -OCH3 is 1. The van der Waals surface area contributed by atoms with E-state index in [1.165, 1.54) is 25.3 Å². The molecule has 0 saturated carbocycles. The molecule has 0 saturated heterocycles. The van der Waals surface area contributed by atoms with Gasteiger partial charge in [-0.3, -0.25) is 4.79 Å². The van der Waals surface area contributed by atoms with Crippen molar-refractivity contribution in [1.82, 2.24) is 5.32 Å². The Kier molecular flexibility index (Phi) is 5.37. The van der Waals surface area contributed by atoms with Gasteiger partial charge in [0.2, 0.25) is 0 Å². The van der Waals surface area contributed by atoms with E-state index >= 15 is 0 Å². The minimum Gasteiger partial charge on any atom is -0.504 e. The first-order valence-corrected chi connectivity index (χ1v) is 6.31. The first-order chi connectivity index (χ1) is 9.40. The van der Waals surface area contributed by atoms with Crippen LogP contribution in [0.5, 0.6) is 11.5 Å². The van der Waals surface area contributed by atoms with Crippen LogP contribution in [0.15, 0.2) is 18.2 Å². The van der Waals surface area contributed by atoms with Crippen molar-refractivity contribution in [3.8, 4) is 11.5 Å². The highest BCUT2D eigenvalue weighted by atomic mass is 16.5. The number of aliphatic carboxylic acids is 1. The predicted octanol–water partition coefficient (Wildman–Crippen LogP) is 1.63. The number of ether oxygens (including phenoxy) is 1. The molecule has 0 aliphatic carbocycles. The fraction of sp³-hybridized carbons (Fsp3) is 0.429. The van der Waals surface area contributed by atoms with Crippen molar-refractivity contribution >= 4 is 11.9 Å². The van der Waals surface area contributed by atoms with Crippen LogP contribution in [0.25, 0.3) is 0 Å². The Hall–Kier alpha value is -2.24. The Labute approximate surface area is 117 Å². The molecule has 6 nitrogen and oxygen atoms in total. The van der Waals surface area contributed by atoms with Gasteiger partial charge < -0.3 is 20.3 Å². The third-order valence-corrected chi connectivity index (χ3v) is 3.21. The molecule has 3 N–H and O–H groups in total. The number of amides is 1. The molecule has 2 atom stereocenters. The number of phenols is 1. The second-order valence-corrected chi connectivity index (χ2v) is 4.56. The number of phenolic OH excluding ortho intramolecular Hbond substituents is 1. The van der Waals surface area contributed by atoms with E-state index in [0.29, 0.717) is 6.42 Å². The molecule has 0 heterocycles. The van der Waals surface area contributed by atoms with Crippen LogP contribution < -0.4 is 10.1 Å². The summed E-state index contributed by atoms with van der Waals surface area (Å²) in [6, 6.07) is 3.19. The smallest absolute Gasteiger partial charge is 0.326 e. The Balaban J connectivity index is 2.89. The van der Waals surface area contributed by atoms with Gasteiger partial charge >= 0.3 is 5.97 Å². The van der Waals surface area contributed by atoms with E-state index in [4.69, 9.17) is 9.84 Å². The van der Waals surface area contributed by atoms with Gasteiger partial charge in [0.05, 0.1) is 7.11 Å². The normalized spacial score (nSPS) is 13.3. The number of benzene rings is 1. The van der Waals surface area contributed by atoms with Crippen molar-refractivity contribution in [2.45, 2.75) is 26.3 Å². The number of carbonyl (C=O) groups is 2. The number of nitrogens with one attached hydrogen (secondary N) is 1. The number of hydrogen-bond donors (Lipinski definition) is 3. The van der Waals surface area contributed by atoms with Gasteiger partial charge in [-0.15, -0.1) is 0 Å². The fourth-order valence-electron chi connectivity index (χ4n) is 1.74. The van der Waals surface area contributed by atoms with Crippen molar-refractivity contribution in [3.05, 3.63) is 23.8 Å². The van der Waals surface area contributed by atoms with Crippen LogP contribution in [-0.4, -0.2) is 35.2 Å². The molecule has 1 rings (SSSR count). The highest BCUT2D eigenvalue weighted by molar-refractivity contribution is 5.97. The van der Waals surface area contributed by atoms with E-state index in [2.05, 4.69) is 5.32 Å². The van der Waals surface area contributed by atoms with E-state index in [0.717, 1.165) is 0 Å². The zero-order valence-electron chi connectivity index (χ0n) is 11.7. The van der Waals surface area contributed by atoms with Crippen molar-refractivity contribution in [2.24, 2.45) is 5.92 Å². The van der Waals surface area contributed by atoms with Gasteiger partial charge in [0.1, 0.15) is 6.04 Å². The summed E-state index contributed by atoms with van der Waals surface area (Å²) in [6.07, 6.45) is 0.630. The van der Waals surface area contributed by atoms with E-state index in [1.54, 1.807) is 6.92 Å². The van der Waals surface area contributed by atoms with Crippen LogP contribution in [0.1, 0.15) is 30.6 Å². The summed E-state index contributed by atoms with van der Waals surface area (Å²) >= 11 is 0. The Bertz CT molecular complexity index is 500. The average Bonchev–Trinajstić information content (AvgIpc) is 2.43. The molecule has 0 fully saturated rings. The van der Waals surface area contributed by atoms with Crippen LogP contribution in [0.4, 0.5) is 0 Å². The second kappa shape index (κ2) is 6.79. The summed E-state index contributed by atoms with van der Waals surface area (Å²) in [6.45, 7) is 3.61. The van der Waals surface area contributed by atoms with E-state index in [9.17, 15) is 14.7 Å². The summed E-state index contributed by atoms with van der Waals surface area (Å²) in [5.41, 5.74) is 0.179. The second-order valence-electron chi connectivity index (χ2n) is 4.56. The highest BCUT2D eigenvalue weighted by Gasteiger charge is 2.25. The van der Waals surface area contributed by atoms with Gasteiger partial charge in [0.15, 0.2) is 11.5 Å². The summed E-state index contributed by atoms with van der Waals surface area (Å²) in [5.74, 6) is -1.74. The molecule has 1 aromatic rings. The molecule has 0 aliphatic heterocycles. The topological polar surface area (TPSA) is 95.9 Å². The molecule has 0 aromatic heterocycles. The van der Waals surface area contributed by atoms with Gasteiger partial charge in [-0.05, 0) is 24.1 Å². The number of carboxylic acids is 1. The number of carboxylic acid groups (broad SMARTS) is 1. The molecule has 0 spiro atoms. The molecule has 2 unspecified atom stereocenters. The molecule has 1 aromatic carbocycles. The maximum atomic E-state index is 12.0. The standard InChI is InChI=1S/C14H19NO5/c1-4-8(2)12(14(18)19)15-13(17)9-5-6-11(20-3)10(16)7-9/h5-8,12,16H,4H2,1-3H3,(H,15,17)(H,18,19). The molecule has 0 aliphatic rings. The van der Waals surface area contributed by atoms with Crippen LogP contribution in [0, 0.1) is 5.92 Å². The van der Waals surface area contributed by atoms with Crippen molar-refractivity contribution < 1.29 is 24.5 Å². The van der Waals surface area contributed by atoms with Gasteiger partial charge in [-0.2, -0.15) is 0 Å². The molecule has 110 valence electrons. The number of hydrogen-bond acceptors (Lipinski definition) is 4. The fourth-order valence-corrected chi connectivity index (χ4v) is 1.74. The molecule has 1 amide bonds. The van der Waals surface area contributed by atoms with Crippen LogP contribution in [0.2, 0.25) is 0 Å². The minimum absolute atomic E-state index is 0.171. The quantitative estimate of drug-likeness (QED) is 0.736. The van der Waals surface area contributed by atoms with Crippen molar-refractivity contribution in [2.75, 3.05) is 7.11 Å². The van der Waals surface area contributed by atoms with Gasteiger partial charge in [0, 0.05) is 5.56 Å². The minimum atomic E-state index is -1.08. The van der Waals surface area contributed by atoms with Crippen molar-refractivity contribution in [3.63, 3.8) is 0 Å². The molecule has 20 heavy (non-hydrogen) atoms. The first kappa shape index (κ1) is 15.8. The lowest BCUT2D eigenvalue weighted by atomic mass is 9.99. The summed E-state index contributed by atoms with van der Waals surface area (Å²) in [4.78, 5) is 23.2. The van der Waals surface area contributed by atoms with Crippen LogP contribution in [0.3, 0.4) is 0 Å². The summed E-state index contributed by atoms with van der Waals surface area (Å²) < 4.78 is 4.88. The number of carbonyl (C=O) groups excluding carboxylic acids is 1. The largest absolute Gasteiger partial charge is 0.504 e. The Morgan fingerprint density at radius 3 is 2.50 bits per heavy atom. The first-order valence-electron chi connectivity index (χ1n) is 6.31. The highest BCUT2D eigenvalue weighted by Crippen LogP contribution is 2.26. The molecule has 0 radical (unpaired) electrons. The molecule has 0 bridgehead atoms. The van der Waals surface area contributed by atoms with Gasteiger partial charge in [-0.1, -0.05) is 20.3 Å².